The summed E-state index contributed by atoms with van der Waals surface area (Å²) >= 11 is 2.24. The highest BCUT2D eigenvalue weighted by atomic mass is 32.2. The molecule has 1 aliphatic rings. The van der Waals surface area contributed by atoms with Gasteiger partial charge >= 0.3 is 11.9 Å². The van der Waals surface area contributed by atoms with Gasteiger partial charge in [0.1, 0.15) is 22.2 Å². The quantitative estimate of drug-likeness (QED) is 0.278. The first-order chi connectivity index (χ1) is 19.0. The molecule has 1 aromatic heterocycles. The van der Waals surface area contributed by atoms with Crippen molar-refractivity contribution in [2.75, 3.05) is 6.61 Å². The molecule has 11 heteroatoms. The van der Waals surface area contributed by atoms with E-state index < -0.39 is 34.7 Å². The summed E-state index contributed by atoms with van der Waals surface area (Å²) in [6.07, 6.45) is 2.49. The standard InChI is InChI=1S/C29H36N2O7S2/c1-5-37-26(34)22(17-20-10-12-21(13-11-20)38-27(35)23-9-8-16-39-23)30-28(36)29(14-6-7-15-29)31-25(33)24(18(2)3)40-19(4)32/h8-13,16,18,22,24H,5-7,14-15,17H2,1-4H3,(H,30,36)(H,31,33)/t22-,24+/m0/s1. The van der Waals surface area contributed by atoms with Crippen molar-refractivity contribution >= 4 is 52.0 Å². The molecule has 1 saturated carbocycles. The summed E-state index contributed by atoms with van der Waals surface area (Å²) in [6.45, 7) is 6.95. The van der Waals surface area contributed by atoms with Gasteiger partial charge in [-0.2, -0.15) is 0 Å². The van der Waals surface area contributed by atoms with Crippen molar-refractivity contribution < 1.29 is 33.4 Å². The number of ether oxygens (including phenoxy) is 2. The second-order valence-corrected chi connectivity index (χ2v) is 12.3. The number of rotatable bonds is 12. The van der Waals surface area contributed by atoms with Crippen LogP contribution in [0, 0.1) is 5.92 Å². The van der Waals surface area contributed by atoms with Crippen LogP contribution in [0.3, 0.4) is 0 Å². The summed E-state index contributed by atoms with van der Waals surface area (Å²) in [5, 5.41) is 6.75. The average Bonchev–Trinajstić information content (AvgIpc) is 3.61. The average molecular weight is 589 g/mol. The van der Waals surface area contributed by atoms with Gasteiger partial charge in [-0.25, -0.2) is 9.59 Å². The normalized spacial score (nSPS) is 15.6. The zero-order chi connectivity index (χ0) is 29.3. The maximum absolute atomic E-state index is 13.7. The van der Waals surface area contributed by atoms with Crippen molar-refractivity contribution in [1.82, 2.24) is 10.6 Å². The van der Waals surface area contributed by atoms with E-state index in [0.717, 1.165) is 30.2 Å². The van der Waals surface area contributed by atoms with Gasteiger partial charge < -0.3 is 20.1 Å². The van der Waals surface area contributed by atoms with Gasteiger partial charge in [-0.1, -0.05) is 56.7 Å². The number of carbonyl (C=O) groups excluding carboxylic acids is 5. The lowest BCUT2D eigenvalue weighted by Gasteiger charge is -2.33. The first-order valence-electron chi connectivity index (χ1n) is 13.4. The predicted molar refractivity (Wildman–Crippen MR) is 154 cm³/mol. The van der Waals surface area contributed by atoms with E-state index in [0.29, 0.717) is 23.5 Å². The molecule has 2 aromatic rings. The Morgan fingerprint density at radius 3 is 2.27 bits per heavy atom. The molecule has 9 nitrogen and oxygen atoms in total. The molecule has 1 fully saturated rings. The minimum atomic E-state index is -1.17. The van der Waals surface area contributed by atoms with E-state index in [-0.39, 0.29) is 30.0 Å². The van der Waals surface area contributed by atoms with Crippen LogP contribution < -0.4 is 15.4 Å². The van der Waals surface area contributed by atoms with E-state index in [1.807, 2.05) is 13.8 Å². The van der Waals surface area contributed by atoms with Crippen molar-refractivity contribution in [2.45, 2.75) is 76.6 Å². The molecule has 2 atom stereocenters. The zero-order valence-corrected chi connectivity index (χ0v) is 24.8. The molecule has 0 bridgehead atoms. The molecule has 3 rings (SSSR count). The van der Waals surface area contributed by atoms with Gasteiger partial charge in [-0.3, -0.25) is 14.4 Å². The van der Waals surface area contributed by atoms with Gasteiger partial charge in [-0.15, -0.1) is 11.3 Å². The second-order valence-electron chi connectivity index (χ2n) is 10.0. The van der Waals surface area contributed by atoms with Gasteiger partial charge in [0.15, 0.2) is 5.12 Å². The Hall–Kier alpha value is -3.18. The highest BCUT2D eigenvalue weighted by Crippen LogP contribution is 2.32. The Morgan fingerprint density at radius 2 is 1.73 bits per heavy atom. The van der Waals surface area contributed by atoms with Crippen molar-refractivity contribution in [2.24, 2.45) is 5.92 Å². The van der Waals surface area contributed by atoms with Crippen LogP contribution in [0.2, 0.25) is 0 Å². The molecule has 0 unspecified atom stereocenters. The number of thiophene rings is 1. The monoisotopic (exact) mass is 588 g/mol. The fourth-order valence-corrected chi connectivity index (χ4v) is 5.97. The largest absolute Gasteiger partial charge is 0.464 e. The summed E-state index contributed by atoms with van der Waals surface area (Å²) in [5.41, 5.74) is -0.455. The lowest BCUT2D eigenvalue weighted by molar-refractivity contribution is -0.148. The molecular formula is C29H36N2O7S2. The molecule has 1 heterocycles. The van der Waals surface area contributed by atoms with Gasteiger partial charge in [0.25, 0.3) is 0 Å². The molecule has 2 amide bonds. The Balaban J connectivity index is 1.73. The summed E-state index contributed by atoms with van der Waals surface area (Å²) < 4.78 is 10.6. The maximum Gasteiger partial charge on any atom is 0.353 e. The van der Waals surface area contributed by atoms with Crippen molar-refractivity contribution in [3.05, 3.63) is 52.2 Å². The minimum absolute atomic E-state index is 0.116. The van der Waals surface area contributed by atoms with Crippen molar-refractivity contribution in [3.63, 3.8) is 0 Å². The van der Waals surface area contributed by atoms with Crippen molar-refractivity contribution in [3.8, 4) is 5.75 Å². The van der Waals surface area contributed by atoms with Gasteiger partial charge in [0.05, 0.1) is 11.9 Å². The topological polar surface area (TPSA) is 128 Å². The van der Waals surface area contributed by atoms with Crippen LogP contribution in [0.15, 0.2) is 41.8 Å². The number of thioether (sulfide) groups is 1. The fourth-order valence-electron chi connectivity index (χ4n) is 4.58. The molecule has 0 saturated heterocycles. The molecule has 1 aromatic carbocycles. The molecule has 216 valence electrons. The number of amides is 2. The lowest BCUT2D eigenvalue weighted by Crippen LogP contribution is -2.61. The van der Waals surface area contributed by atoms with Crippen LogP contribution in [0.4, 0.5) is 0 Å². The number of benzene rings is 1. The number of esters is 2. The number of hydrogen-bond acceptors (Lipinski definition) is 9. The third kappa shape index (κ3) is 8.41. The SMILES string of the molecule is CCOC(=O)[C@H](Cc1ccc(OC(=O)c2cccs2)cc1)NC(=O)C1(NC(=O)[C@H](SC(C)=O)C(C)C)CCCC1. The van der Waals surface area contributed by atoms with Crippen LogP contribution in [0.1, 0.15) is 68.6 Å². The molecule has 40 heavy (non-hydrogen) atoms. The first kappa shape index (κ1) is 31.3. The summed E-state index contributed by atoms with van der Waals surface area (Å²) in [4.78, 5) is 64.1. The third-order valence-electron chi connectivity index (χ3n) is 6.58. The minimum Gasteiger partial charge on any atom is -0.464 e. The molecule has 0 radical (unpaired) electrons. The molecular weight excluding hydrogens is 552 g/mol. The van der Waals surface area contributed by atoms with E-state index in [1.165, 1.54) is 18.3 Å². The summed E-state index contributed by atoms with van der Waals surface area (Å²) in [5.74, 6) is -1.62. The van der Waals surface area contributed by atoms with Gasteiger partial charge in [0, 0.05) is 13.3 Å². The van der Waals surface area contributed by atoms with Crippen LogP contribution in [-0.4, -0.2) is 52.3 Å². The molecule has 1 aliphatic carbocycles. The molecule has 0 spiro atoms. The van der Waals surface area contributed by atoms with Crippen LogP contribution in [0.5, 0.6) is 5.75 Å². The number of nitrogens with one attached hydrogen (secondary N) is 2. The van der Waals surface area contributed by atoms with E-state index in [1.54, 1.807) is 48.7 Å². The summed E-state index contributed by atoms with van der Waals surface area (Å²) in [7, 11) is 0. The highest BCUT2D eigenvalue weighted by molar-refractivity contribution is 8.14. The van der Waals surface area contributed by atoms with E-state index in [9.17, 15) is 24.0 Å². The van der Waals surface area contributed by atoms with Gasteiger partial charge in [-0.05, 0) is 54.8 Å². The maximum atomic E-state index is 13.7. The van der Waals surface area contributed by atoms with Crippen LogP contribution >= 0.6 is 23.1 Å². The van der Waals surface area contributed by atoms with E-state index in [2.05, 4.69) is 10.6 Å². The zero-order valence-electron chi connectivity index (χ0n) is 23.2. The summed E-state index contributed by atoms with van der Waals surface area (Å²) in [6, 6.07) is 9.14. The van der Waals surface area contributed by atoms with Crippen LogP contribution in [-0.2, 0) is 30.3 Å². The Bertz CT molecular complexity index is 1190. The van der Waals surface area contributed by atoms with E-state index in [4.69, 9.17) is 9.47 Å². The smallest absolute Gasteiger partial charge is 0.353 e. The Kier molecular flexibility index (Phi) is 11.3. The second kappa shape index (κ2) is 14.5. The lowest BCUT2D eigenvalue weighted by atomic mass is 9.94. The predicted octanol–water partition coefficient (Wildman–Crippen LogP) is 4.29. The van der Waals surface area contributed by atoms with Crippen LogP contribution in [0.25, 0.3) is 0 Å². The highest BCUT2D eigenvalue weighted by Gasteiger charge is 2.45. The third-order valence-corrected chi connectivity index (χ3v) is 8.78. The Labute approximate surface area is 242 Å². The van der Waals surface area contributed by atoms with Crippen molar-refractivity contribution in [1.29, 1.82) is 0 Å². The Morgan fingerprint density at radius 1 is 1.05 bits per heavy atom. The first-order valence-corrected chi connectivity index (χ1v) is 15.1. The van der Waals surface area contributed by atoms with E-state index >= 15 is 0 Å². The molecule has 0 aliphatic heterocycles. The fraction of sp³-hybridized carbons (Fsp3) is 0.483. The number of hydrogen-bond donors (Lipinski definition) is 2. The number of carbonyl (C=O) groups is 5. The molecule has 2 N–H and O–H groups in total. The van der Waals surface area contributed by atoms with Gasteiger partial charge in [0.2, 0.25) is 11.8 Å².